The van der Waals surface area contributed by atoms with E-state index in [0.717, 1.165) is 31.9 Å². The number of Topliss-reactive ketones (excluding diaryl/α,β-unsaturated/α-hetero) is 2. The topological polar surface area (TPSA) is 70.2 Å². The van der Waals surface area contributed by atoms with E-state index < -0.39 is 11.7 Å². The number of benzene rings is 2. The van der Waals surface area contributed by atoms with Crippen molar-refractivity contribution in [2.75, 3.05) is 49.8 Å². The molecule has 0 spiro atoms. The van der Waals surface area contributed by atoms with Crippen molar-refractivity contribution in [3.8, 4) is 5.75 Å². The van der Waals surface area contributed by atoms with Crippen LogP contribution < -0.4 is 14.5 Å². The molecule has 7 heteroatoms. The second-order valence-corrected chi connectivity index (χ2v) is 7.29. The molecule has 0 aromatic heterocycles. The number of hydrogen-bond donors (Lipinski definition) is 0. The highest BCUT2D eigenvalue weighted by atomic mass is 16.5. The van der Waals surface area contributed by atoms with Crippen LogP contribution >= 0.6 is 0 Å². The van der Waals surface area contributed by atoms with Gasteiger partial charge < -0.3 is 9.64 Å². The van der Waals surface area contributed by atoms with Crippen LogP contribution in [0.5, 0.6) is 5.75 Å². The summed E-state index contributed by atoms with van der Waals surface area (Å²) in [5.41, 5.74) is 2.83. The number of carbonyl (C=O) groups excluding carboxylic acids is 3. The summed E-state index contributed by atoms with van der Waals surface area (Å²) in [6.07, 6.45) is 0. The van der Waals surface area contributed by atoms with E-state index in [1.165, 1.54) is 4.90 Å². The van der Waals surface area contributed by atoms with E-state index in [4.69, 9.17) is 4.74 Å². The van der Waals surface area contributed by atoms with Crippen LogP contribution in [0.3, 0.4) is 0 Å². The minimum atomic E-state index is -0.490. The molecule has 1 amide bonds. The first-order valence-electron chi connectivity index (χ1n) is 9.60. The van der Waals surface area contributed by atoms with Gasteiger partial charge in [-0.2, -0.15) is 0 Å². The van der Waals surface area contributed by atoms with Crippen LogP contribution in [-0.2, 0) is 4.79 Å². The quantitative estimate of drug-likeness (QED) is 0.573. The predicted octanol–water partition coefficient (Wildman–Crippen LogP) is 2.21. The number of amides is 1. The first-order valence-corrected chi connectivity index (χ1v) is 9.60. The summed E-state index contributed by atoms with van der Waals surface area (Å²) >= 11 is 0. The minimum Gasteiger partial charge on any atom is -0.497 e. The monoisotopic (exact) mass is 393 g/mol. The third kappa shape index (κ3) is 3.61. The van der Waals surface area contributed by atoms with Gasteiger partial charge >= 0.3 is 5.91 Å². The number of nitrogens with zero attached hydrogens (tertiary/aromatic N) is 3. The lowest BCUT2D eigenvalue weighted by atomic mass is 10.1. The number of methoxy groups -OCH3 is 1. The van der Waals surface area contributed by atoms with Crippen molar-refractivity contribution in [3.05, 3.63) is 53.6 Å². The third-order valence-corrected chi connectivity index (χ3v) is 5.53. The van der Waals surface area contributed by atoms with Gasteiger partial charge in [-0.25, -0.2) is 0 Å². The highest BCUT2D eigenvalue weighted by Crippen LogP contribution is 2.32. The molecule has 7 nitrogen and oxygen atoms in total. The van der Waals surface area contributed by atoms with Crippen LogP contribution in [0.15, 0.2) is 42.5 Å². The molecular formula is C22H23N3O4. The Balaban J connectivity index is 1.42. The number of anilines is 2. The summed E-state index contributed by atoms with van der Waals surface area (Å²) in [4.78, 5) is 42.2. The summed E-state index contributed by atoms with van der Waals surface area (Å²) in [5.74, 6) is -0.277. The Bertz CT molecular complexity index is 963. The minimum absolute atomic E-state index is 0.0584. The number of carbonyl (C=O) groups is 3. The average Bonchev–Trinajstić information content (AvgIpc) is 2.98. The molecule has 0 saturated carbocycles. The number of rotatable bonds is 5. The Morgan fingerprint density at radius 1 is 1.00 bits per heavy atom. The molecule has 0 radical (unpaired) electrons. The summed E-state index contributed by atoms with van der Waals surface area (Å²) in [6, 6.07) is 12.7. The van der Waals surface area contributed by atoms with Crippen LogP contribution in [0.25, 0.3) is 0 Å². The molecule has 2 aliphatic rings. The largest absolute Gasteiger partial charge is 0.497 e. The van der Waals surface area contributed by atoms with Gasteiger partial charge in [0.25, 0.3) is 5.78 Å². The molecule has 0 bridgehead atoms. The highest BCUT2D eigenvalue weighted by Gasteiger charge is 2.37. The Hall–Kier alpha value is -3.19. The Morgan fingerprint density at radius 2 is 1.69 bits per heavy atom. The third-order valence-electron chi connectivity index (χ3n) is 5.53. The fraction of sp³-hybridized carbons (Fsp3) is 0.318. The van der Waals surface area contributed by atoms with Crippen molar-refractivity contribution in [3.63, 3.8) is 0 Å². The zero-order valence-electron chi connectivity index (χ0n) is 16.6. The maximum Gasteiger partial charge on any atom is 0.300 e. The Kier molecular flexibility index (Phi) is 5.07. The molecule has 1 fully saturated rings. The van der Waals surface area contributed by atoms with Gasteiger partial charge in [0.1, 0.15) is 5.75 Å². The average molecular weight is 393 g/mol. The number of ether oxygens (including phenoxy) is 1. The maximum atomic E-state index is 12.5. The van der Waals surface area contributed by atoms with Gasteiger partial charge in [0.05, 0.1) is 25.0 Å². The lowest BCUT2D eigenvalue weighted by Crippen LogP contribution is -2.51. The van der Waals surface area contributed by atoms with Crippen molar-refractivity contribution in [1.82, 2.24) is 4.90 Å². The molecule has 2 heterocycles. The van der Waals surface area contributed by atoms with E-state index in [1.807, 2.05) is 24.3 Å². The Labute approximate surface area is 169 Å². The van der Waals surface area contributed by atoms with Crippen LogP contribution in [-0.4, -0.2) is 62.3 Å². The van der Waals surface area contributed by atoms with Gasteiger partial charge in [-0.15, -0.1) is 0 Å². The summed E-state index contributed by atoms with van der Waals surface area (Å²) in [5, 5.41) is 0. The molecule has 0 N–H and O–H groups in total. The molecule has 4 rings (SSSR count). The predicted molar refractivity (Wildman–Crippen MR) is 110 cm³/mol. The van der Waals surface area contributed by atoms with Gasteiger partial charge in [0.15, 0.2) is 5.78 Å². The molecular weight excluding hydrogens is 370 g/mol. The smallest absolute Gasteiger partial charge is 0.300 e. The zero-order chi connectivity index (χ0) is 20.5. The standard InChI is InChI=1S/C22H23N3O4/c1-15(26)16-3-5-17(6-4-16)24-11-9-23(10-12-24)14-25-20-13-18(29-2)7-8-19(20)21(27)22(25)28/h3-8,13H,9-12,14H2,1-2H3. The Morgan fingerprint density at radius 3 is 2.31 bits per heavy atom. The van der Waals surface area contributed by atoms with Crippen molar-refractivity contribution in [2.24, 2.45) is 0 Å². The van der Waals surface area contributed by atoms with E-state index in [2.05, 4.69) is 9.80 Å². The summed E-state index contributed by atoms with van der Waals surface area (Å²) in [6.45, 7) is 5.09. The van der Waals surface area contributed by atoms with E-state index in [-0.39, 0.29) is 5.78 Å². The van der Waals surface area contributed by atoms with Crippen LogP contribution in [0, 0.1) is 0 Å². The molecule has 2 aromatic rings. The van der Waals surface area contributed by atoms with E-state index in [9.17, 15) is 14.4 Å². The molecule has 0 atom stereocenters. The van der Waals surface area contributed by atoms with Crippen LogP contribution in [0.2, 0.25) is 0 Å². The number of hydrogen-bond acceptors (Lipinski definition) is 6. The number of fused-ring (bicyclic) bond motifs is 1. The summed E-state index contributed by atoms with van der Waals surface area (Å²) in [7, 11) is 1.56. The second-order valence-electron chi connectivity index (χ2n) is 7.29. The molecule has 29 heavy (non-hydrogen) atoms. The molecule has 0 aliphatic carbocycles. The van der Waals surface area contributed by atoms with Crippen LogP contribution in [0.4, 0.5) is 11.4 Å². The fourth-order valence-electron chi connectivity index (χ4n) is 3.80. The van der Waals surface area contributed by atoms with Crippen LogP contribution in [0.1, 0.15) is 27.6 Å². The number of piperazine rings is 1. The first-order chi connectivity index (χ1) is 14.0. The lowest BCUT2D eigenvalue weighted by Gasteiger charge is -2.37. The zero-order valence-corrected chi connectivity index (χ0v) is 16.6. The van der Waals surface area contributed by atoms with Crippen molar-refractivity contribution >= 4 is 28.8 Å². The van der Waals surface area contributed by atoms with E-state index >= 15 is 0 Å². The van der Waals surface area contributed by atoms with Crippen molar-refractivity contribution < 1.29 is 19.1 Å². The summed E-state index contributed by atoms with van der Waals surface area (Å²) < 4.78 is 5.24. The number of ketones is 2. The SMILES string of the molecule is COc1ccc2c(c1)N(CN1CCN(c3ccc(C(C)=O)cc3)CC1)C(=O)C2=O. The molecule has 2 aromatic carbocycles. The van der Waals surface area contributed by atoms with Crippen molar-refractivity contribution in [2.45, 2.75) is 6.92 Å². The maximum absolute atomic E-state index is 12.5. The highest BCUT2D eigenvalue weighted by molar-refractivity contribution is 6.52. The van der Waals surface area contributed by atoms with E-state index in [0.29, 0.717) is 29.2 Å². The second kappa shape index (κ2) is 7.67. The molecule has 0 unspecified atom stereocenters. The van der Waals surface area contributed by atoms with Gasteiger partial charge in [-0.05, 0) is 43.3 Å². The van der Waals surface area contributed by atoms with Crippen molar-refractivity contribution in [1.29, 1.82) is 0 Å². The molecule has 1 saturated heterocycles. The lowest BCUT2D eigenvalue weighted by molar-refractivity contribution is -0.114. The van der Waals surface area contributed by atoms with Gasteiger partial charge in [-0.3, -0.25) is 24.2 Å². The van der Waals surface area contributed by atoms with Gasteiger partial charge in [0.2, 0.25) is 0 Å². The van der Waals surface area contributed by atoms with Gasteiger partial charge in [-0.1, -0.05) is 0 Å². The van der Waals surface area contributed by atoms with E-state index in [1.54, 1.807) is 32.2 Å². The first kappa shape index (κ1) is 19.1. The fourth-order valence-corrected chi connectivity index (χ4v) is 3.80. The molecule has 2 aliphatic heterocycles. The normalized spacial score (nSPS) is 16.9. The van der Waals surface area contributed by atoms with Gasteiger partial charge in [0, 0.05) is 43.5 Å². The molecule has 150 valence electrons.